The average molecular weight is 543 g/mol. The molecule has 0 aliphatic carbocycles. The number of ether oxygens (including phenoxy) is 2. The molecule has 4 aromatic carbocycles. The molecular formula is C32H31ClN2O4. The molecular weight excluding hydrogens is 512 g/mol. The molecule has 200 valence electrons. The predicted octanol–water partition coefficient (Wildman–Crippen LogP) is 5.99. The standard InChI is InChI=1S/C32H31ClN2O4/c1-38-28-16-10-24(11-17-28)21-34-32(37)31(26-6-4-3-5-7-26)35(22-25-12-18-29(39-2)19-13-25)30(36)20-23-8-14-27(33)15-9-23/h3-19,31H,20-22H2,1-2H3,(H,34,37)/t31-/m1/s1. The summed E-state index contributed by atoms with van der Waals surface area (Å²) in [6.07, 6.45) is 0.127. The Hall–Kier alpha value is -4.29. The number of carbonyl (C=O) groups excluding carboxylic acids is 2. The molecule has 0 spiro atoms. The highest BCUT2D eigenvalue weighted by atomic mass is 35.5. The lowest BCUT2D eigenvalue weighted by atomic mass is 10.0. The molecule has 4 aromatic rings. The van der Waals surface area contributed by atoms with Gasteiger partial charge in [-0.1, -0.05) is 78.3 Å². The number of nitrogens with zero attached hydrogens (tertiary/aromatic N) is 1. The molecule has 0 unspecified atom stereocenters. The van der Waals surface area contributed by atoms with E-state index in [0.717, 1.165) is 33.8 Å². The zero-order valence-corrected chi connectivity index (χ0v) is 22.7. The number of nitrogens with one attached hydrogen (secondary N) is 1. The summed E-state index contributed by atoms with van der Waals surface area (Å²) in [5, 5.41) is 3.63. The van der Waals surface area contributed by atoms with Crippen LogP contribution in [0.3, 0.4) is 0 Å². The number of rotatable bonds is 11. The average Bonchev–Trinajstić information content (AvgIpc) is 2.98. The van der Waals surface area contributed by atoms with Crippen molar-refractivity contribution in [2.24, 2.45) is 0 Å². The van der Waals surface area contributed by atoms with Gasteiger partial charge in [-0.2, -0.15) is 0 Å². The molecule has 0 bridgehead atoms. The summed E-state index contributed by atoms with van der Waals surface area (Å²) < 4.78 is 10.5. The van der Waals surface area contributed by atoms with E-state index in [1.165, 1.54) is 0 Å². The van der Waals surface area contributed by atoms with Gasteiger partial charge in [0.25, 0.3) is 0 Å². The van der Waals surface area contributed by atoms with Gasteiger partial charge in [-0.05, 0) is 58.7 Å². The molecule has 0 heterocycles. The second-order valence-electron chi connectivity index (χ2n) is 9.05. The van der Waals surface area contributed by atoms with Crippen LogP contribution in [-0.2, 0) is 29.1 Å². The molecule has 1 N–H and O–H groups in total. The van der Waals surface area contributed by atoms with Crippen LogP contribution < -0.4 is 14.8 Å². The summed E-state index contributed by atoms with van der Waals surface area (Å²) in [7, 11) is 3.22. The van der Waals surface area contributed by atoms with Gasteiger partial charge in [0.1, 0.15) is 17.5 Å². The molecule has 0 fully saturated rings. The molecule has 0 saturated heterocycles. The highest BCUT2D eigenvalue weighted by Gasteiger charge is 2.31. The number of amides is 2. The molecule has 6 nitrogen and oxygen atoms in total. The van der Waals surface area contributed by atoms with E-state index in [2.05, 4.69) is 5.32 Å². The van der Waals surface area contributed by atoms with Gasteiger partial charge < -0.3 is 19.7 Å². The Labute approximate surface area is 234 Å². The van der Waals surface area contributed by atoms with E-state index in [0.29, 0.717) is 11.6 Å². The first-order valence-electron chi connectivity index (χ1n) is 12.6. The quantitative estimate of drug-likeness (QED) is 0.253. The van der Waals surface area contributed by atoms with E-state index in [1.807, 2.05) is 91.0 Å². The van der Waals surface area contributed by atoms with Crippen molar-refractivity contribution in [3.05, 3.63) is 130 Å². The van der Waals surface area contributed by atoms with E-state index in [4.69, 9.17) is 21.1 Å². The van der Waals surface area contributed by atoms with Crippen LogP contribution in [0.25, 0.3) is 0 Å². The molecule has 7 heteroatoms. The van der Waals surface area contributed by atoms with Crippen LogP contribution in [0.4, 0.5) is 0 Å². The minimum atomic E-state index is -0.841. The van der Waals surface area contributed by atoms with Crippen molar-refractivity contribution < 1.29 is 19.1 Å². The Morgan fingerprint density at radius 2 is 1.28 bits per heavy atom. The Kier molecular flexibility index (Phi) is 9.59. The fourth-order valence-electron chi connectivity index (χ4n) is 4.27. The predicted molar refractivity (Wildman–Crippen MR) is 153 cm³/mol. The van der Waals surface area contributed by atoms with Gasteiger partial charge in [-0.3, -0.25) is 9.59 Å². The number of halogens is 1. The fourth-order valence-corrected chi connectivity index (χ4v) is 4.39. The summed E-state index contributed by atoms with van der Waals surface area (Å²) in [4.78, 5) is 29.3. The van der Waals surface area contributed by atoms with E-state index in [1.54, 1.807) is 31.3 Å². The number of methoxy groups -OCH3 is 2. The minimum Gasteiger partial charge on any atom is -0.497 e. The Balaban J connectivity index is 1.65. The van der Waals surface area contributed by atoms with Gasteiger partial charge in [0, 0.05) is 18.1 Å². The van der Waals surface area contributed by atoms with Gasteiger partial charge in [-0.25, -0.2) is 0 Å². The second-order valence-corrected chi connectivity index (χ2v) is 9.49. The molecule has 0 radical (unpaired) electrons. The van der Waals surface area contributed by atoms with Gasteiger partial charge in [-0.15, -0.1) is 0 Å². The first-order chi connectivity index (χ1) is 19.0. The minimum absolute atomic E-state index is 0.127. The lowest BCUT2D eigenvalue weighted by molar-refractivity contribution is -0.141. The number of hydrogen-bond donors (Lipinski definition) is 1. The number of hydrogen-bond acceptors (Lipinski definition) is 4. The topological polar surface area (TPSA) is 67.9 Å². The van der Waals surface area contributed by atoms with Crippen molar-refractivity contribution in [3.63, 3.8) is 0 Å². The molecule has 2 amide bonds. The highest BCUT2D eigenvalue weighted by Crippen LogP contribution is 2.26. The van der Waals surface area contributed by atoms with Crippen LogP contribution in [0, 0.1) is 0 Å². The van der Waals surface area contributed by atoms with E-state index in [-0.39, 0.29) is 24.8 Å². The Morgan fingerprint density at radius 1 is 0.744 bits per heavy atom. The van der Waals surface area contributed by atoms with Crippen LogP contribution in [-0.4, -0.2) is 30.9 Å². The summed E-state index contributed by atoms with van der Waals surface area (Å²) >= 11 is 6.05. The largest absolute Gasteiger partial charge is 0.497 e. The maximum absolute atomic E-state index is 13.9. The lowest BCUT2D eigenvalue weighted by Gasteiger charge is -2.32. The Morgan fingerprint density at radius 3 is 1.85 bits per heavy atom. The molecule has 1 atom stereocenters. The first-order valence-corrected chi connectivity index (χ1v) is 13.0. The van der Waals surface area contributed by atoms with Crippen molar-refractivity contribution in [3.8, 4) is 11.5 Å². The zero-order valence-electron chi connectivity index (χ0n) is 22.0. The van der Waals surface area contributed by atoms with Gasteiger partial charge in [0.05, 0.1) is 20.6 Å². The van der Waals surface area contributed by atoms with Crippen molar-refractivity contribution in [1.29, 1.82) is 0 Å². The maximum Gasteiger partial charge on any atom is 0.247 e. The van der Waals surface area contributed by atoms with Crippen molar-refractivity contribution >= 4 is 23.4 Å². The summed E-state index contributed by atoms with van der Waals surface area (Å²) in [5.74, 6) is 1.01. The Bertz CT molecular complexity index is 1360. The summed E-state index contributed by atoms with van der Waals surface area (Å²) in [5.41, 5.74) is 3.34. The lowest BCUT2D eigenvalue weighted by Crippen LogP contribution is -2.43. The van der Waals surface area contributed by atoms with Crippen molar-refractivity contribution in [2.45, 2.75) is 25.6 Å². The molecule has 4 rings (SSSR count). The molecule has 0 aliphatic rings. The van der Waals surface area contributed by atoms with E-state index < -0.39 is 6.04 Å². The van der Waals surface area contributed by atoms with Crippen molar-refractivity contribution in [2.75, 3.05) is 14.2 Å². The SMILES string of the molecule is COc1ccc(CNC(=O)[C@@H](c2ccccc2)N(Cc2ccc(OC)cc2)C(=O)Cc2ccc(Cl)cc2)cc1. The number of carbonyl (C=O) groups is 2. The second kappa shape index (κ2) is 13.5. The molecule has 0 aromatic heterocycles. The third-order valence-electron chi connectivity index (χ3n) is 6.40. The van der Waals surface area contributed by atoms with E-state index >= 15 is 0 Å². The van der Waals surface area contributed by atoms with Crippen LogP contribution in [0.15, 0.2) is 103 Å². The monoisotopic (exact) mass is 542 g/mol. The van der Waals surface area contributed by atoms with Gasteiger partial charge in [0.2, 0.25) is 11.8 Å². The van der Waals surface area contributed by atoms with Crippen LogP contribution >= 0.6 is 11.6 Å². The fraction of sp³-hybridized carbons (Fsp3) is 0.188. The molecule has 0 aliphatic heterocycles. The van der Waals surface area contributed by atoms with Crippen LogP contribution in [0.1, 0.15) is 28.3 Å². The van der Waals surface area contributed by atoms with Gasteiger partial charge in [0.15, 0.2) is 0 Å². The molecule has 39 heavy (non-hydrogen) atoms. The third kappa shape index (κ3) is 7.62. The van der Waals surface area contributed by atoms with Gasteiger partial charge >= 0.3 is 0 Å². The normalized spacial score (nSPS) is 11.4. The highest BCUT2D eigenvalue weighted by molar-refractivity contribution is 6.30. The first kappa shape index (κ1) is 27.7. The van der Waals surface area contributed by atoms with Crippen LogP contribution in [0.2, 0.25) is 5.02 Å². The number of benzene rings is 4. The summed E-state index contributed by atoms with van der Waals surface area (Å²) in [6, 6.07) is 30.7. The zero-order chi connectivity index (χ0) is 27.6. The molecule has 0 saturated carbocycles. The third-order valence-corrected chi connectivity index (χ3v) is 6.65. The van der Waals surface area contributed by atoms with E-state index in [9.17, 15) is 9.59 Å². The summed E-state index contributed by atoms with van der Waals surface area (Å²) in [6.45, 7) is 0.555. The van der Waals surface area contributed by atoms with Crippen LogP contribution in [0.5, 0.6) is 11.5 Å². The smallest absolute Gasteiger partial charge is 0.247 e. The maximum atomic E-state index is 13.9. The van der Waals surface area contributed by atoms with Crippen molar-refractivity contribution in [1.82, 2.24) is 10.2 Å².